The van der Waals surface area contributed by atoms with Crippen molar-refractivity contribution in [3.8, 4) is 5.75 Å². The van der Waals surface area contributed by atoms with E-state index in [2.05, 4.69) is 55.6 Å². The van der Waals surface area contributed by atoms with Crippen molar-refractivity contribution in [1.82, 2.24) is 5.32 Å². The van der Waals surface area contributed by atoms with E-state index in [1.165, 1.54) is 41.6 Å². The van der Waals surface area contributed by atoms with Crippen LogP contribution < -0.4 is 10.1 Å². The Kier molecular flexibility index (Phi) is 4.79. The van der Waals surface area contributed by atoms with Gasteiger partial charge < -0.3 is 10.1 Å². The van der Waals surface area contributed by atoms with Gasteiger partial charge in [-0.15, -0.1) is 0 Å². The molecule has 2 aromatic carbocycles. The lowest BCUT2D eigenvalue weighted by atomic mass is 9.99. The van der Waals surface area contributed by atoms with Gasteiger partial charge in [0.05, 0.1) is 0 Å². The number of ether oxygens (including phenoxy) is 1. The maximum absolute atomic E-state index is 6.06. The third kappa shape index (κ3) is 3.69. The molecule has 2 heteroatoms. The van der Waals surface area contributed by atoms with E-state index in [-0.39, 0.29) is 0 Å². The Morgan fingerprint density at radius 3 is 2.41 bits per heavy atom. The van der Waals surface area contributed by atoms with Crippen LogP contribution in [0.1, 0.15) is 35.1 Å². The maximum atomic E-state index is 6.06. The summed E-state index contributed by atoms with van der Waals surface area (Å²) in [5, 5.41) is 3.57. The molecule has 0 saturated carbocycles. The highest BCUT2D eigenvalue weighted by Gasteiger charge is 2.15. The normalized spacial score (nSPS) is 17.6. The molecule has 22 heavy (non-hydrogen) atoms. The second kappa shape index (κ2) is 6.97. The zero-order chi connectivity index (χ0) is 15.4. The van der Waals surface area contributed by atoms with E-state index in [9.17, 15) is 0 Å². The molecule has 2 nitrogen and oxygen atoms in total. The standard InChI is InChI=1S/C20H25NO/c1-15-11-18(13-19-9-6-10-21-19)12-16(2)20(15)22-14-17-7-4-3-5-8-17/h3-5,7-8,11-12,19,21H,6,9-10,13-14H2,1-2H3. The van der Waals surface area contributed by atoms with Crippen molar-refractivity contribution in [3.63, 3.8) is 0 Å². The van der Waals surface area contributed by atoms with E-state index in [1.807, 2.05) is 6.07 Å². The molecule has 1 heterocycles. The predicted octanol–water partition coefficient (Wildman–Crippen LogP) is 4.18. The van der Waals surface area contributed by atoms with Gasteiger partial charge >= 0.3 is 0 Å². The first-order valence-corrected chi connectivity index (χ1v) is 8.22. The highest BCUT2D eigenvalue weighted by atomic mass is 16.5. The fourth-order valence-electron chi connectivity index (χ4n) is 3.33. The molecule has 1 saturated heterocycles. The molecule has 0 bridgehead atoms. The zero-order valence-corrected chi connectivity index (χ0v) is 13.6. The Labute approximate surface area is 133 Å². The van der Waals surface area contributed by atoms with Crippen molar-refractivity contribution in [3.05, 3.63) is 64.7 Å². The molecule has 0 radical (unpaired) electrons. The van der Waals surface area contributed by atoms with Gasteiger partial charge in [-0.2, -0.15) is 0 Å². The van der Waals surface area contributed by atoms with Crippen LogP contribution in [0.3, 0.4) is 0 Å². The summed E-state index contributed by atoms with van der Waals surface area (Å²) < 4.78 is 6.06. The number of hydrogen-bond donors (Lipinski definition) is 1. The summed E-state index contributed by atoms with van der Waals surface area (Å²) >= 11 is 0. The van der Waals surface area contributed by atoms with Crippen LogP contribution in [-0.4, -0.2) is 12.6 Å². The molecule has 0 aliphatic carbocycles. The lowest BCUT2D eigenvalue weighted by molar-refractivity contribution is 0.302. The highest BCUT2D eigenvalue weighted by Crippen LogP contribution is 2.27. The summed E-state index contributed by atoms with van der Waals surface area (Å²) in [6.07, 6.45) is 3.73. The number of rotatable bonds is 5. The van der Waals surface area contributed by atoms with Crippen LogP contribution in [0.2, 0.25) is 0 Å². The third-order valence-electron chi connectivity index (χ3n) is 4.39. The Morgan fingerprint density at radius 1 is 1.05 bits per heavy atom. The van der Waals surface area contributed by atoms with E-state index >= 15 is 0 Å². The van der Waals surface area contributed by atoms with Crippen molar-refractivity contribution in [1.29, 1.82) is 0 Å². The van der Waals surface area contributed by atoms with E-state index < -0.39 is 0 Å². The van der Waals surface area contributed by atoms with Crippen LogP contribution in [0.4, 0.5) is 0 Å². The highest BCUT2D eigenvalue weighted by molar-refractivity contribution is 5.43. The summed E-state index contributed by atoms with van der Waals surface area (Å²) in [6, 6.07) is 15.6. The Morgan fingerprint density at radius 2 is 1.77 bits per heavy atom. The number of nitrogens with one attached hydrogen (secondary N) is 1. The lowest BCUT2D eigenvalue weighted by Gasteiger charge is -2.16. The lowest BCUT2D eigenvalue weighted by Crippen LogP contribution is -2.23. The molecular weight excluding hydrogens is 270 g/mol. The van der Waals surface area contributed by atoms with E-state index in [0.29, 0.717) is 12.6 Å². The van der Waals surface area contributed by atoms with Crippen LogP contribution in [-0.2, 0) is 13.0 Å². The molecule has 116 valence electrons. The average Bonchev–Trinajstić information content (AvgIpc) is 3.00. The molecule has 1 atom stereocenters. The number of benzene rings is 2. The van der Waals surface area contributed by atoms with Gasteiger partial charge in [0.2, 0.25) is 0 Å². The molecule has 3 rings (SSSR count). The third-order valence-corrected chi connectivity index (χ3v) is 4.39. The van der Waals surface area contributed by atoms with Crippen molar-refractivity contribution >= 4 is 0 Å². The van der Waals surface area contributed by atoms with Gasteiger partial charge in [-0.05, 0) is 61.9 Å². The summed E-state index contributed by atoms with van der Waals surface area (Å²) in [5.41, 5.74) is 5.11. The first kappa shape index (κ1) is 15.1. The zero-order valence-electron chi connectivity index (χ0n) is 13.6. The molecular formula is C20H25NO. The molecule has 1 fully saturated rings. The smallest absolute Gasteiger partial charge is 0.125 e. The molecule has 1 N–H and O–H groups in total. The fraction of sp³-hybridized carbons (Fsp3) is 0.400. The van der Waals surface area contributed by atoms with Crippen molar-refractivity contribution < 1.29 is 4.74 Å². The van der Waals surface area contributed by atoms with Crippen LogP contribution in [0.25, 0.3) is 0 Å². The molecule has 1 aliphatic heterocycles. The second-order valence-electron chi connectivity index (χ2n) is 6.33. The summed E-state index contributed by atoms with van der Waals surface area (Å²) in [7, 11) is 0. The molecule has 1 aliphatic rings. The van der Waals surface area contributed by atoms with Crippen LogP contribution in [0, 0.1) is 13.8 Å². The monoisotopic (exact) mass is 295 g/mol. The van der Waals surface area contributed by atoms with Crippen molar-refractivity contribution in [2.24, 2.45) is 0 Å². The van der Waals surface area contributed by atoms with E-state index in [1.54, 1.807) is 0 Å². The van der Waals surface area contributed by atoms with Gasteiger partial charge in [-0.25, -0.2) is 0 Å². The summed E-state index contributed by atoms with van der Waals surface area (Å²) in [5.74, 6) is 1.03. The second-order valence-corrected chi connectivity index (χ2v) is 6.33. The van der Waals surface area contributed by atoms with Crippen LogP contribution in [0.15, 0.2) is 42.5 Å². The van der Waals surface area contributed by atoms with Gasteiger partial charge in [0.25, 0.3) is 0 Å². The maximum Gasteiger partial charge on any atom is 0.125 e. The molecule has 2 aromatic rings. The SMILES string of the molecule is Cc1cc(CC2CCCN2)cc(C)c1OCc1ccccc1. The van der Waals surface area contributed by atoms with Crippen LogP contribution in [0.5, 0.6) is 5.75 Å². The molecule has 0 spiro atoms. The quantitative estimate of drug-likeness (QED) is 0.893. The Hall–Kier alpha value is -1.80. The van der Waals surface area contributed by atoms with Crippen LogP contribution >= 0.6 is 0 Å². The van der Waals surface area contributed by atoms with Gasteiger partial charge in [-0.3, -0.25) is 0 Å². The Bertz CT molecular complexity index is 592. The van der Waals surface area contributed by atoms with Crippen molar-refractivity contribution in [2.75, 3.05) is 6.54 Å². The fourth-order valence-corrected chi connectivity index (χ4v) is 3.33. The molecule has 0 aromatic heterocycles. The number of hydrogen-bond acceptors (Lipinski definition) is 2. The molecule has 0 amide bonds. The topological polar surface area (TPSA) is 21.3 Å². The number of aryl methyl sites for hydroxylation is 2. The minimum Gasteiger partial charge on any atom is -0.488 e. The largest absolute Gasteiger partial charge is 0.488 e. The van der Waals surface area contributed by atoms with E-state index in [4.69, 9.17) is 4.74 Å². The van der Waals surface area contributed by atoms with Crippen molar-refractivity contribution in [2.45, 2.75) is 45.8 Å². The van der Waals surface area contributed by atoms with Gasteiger partial charge in [0.1, 0.15) is 12.4 Å². The molecule has 1 unspecified atom stereocenters. The van der Waals surface area contributed by atoms with Gasteiger partial charge in [0, 0.05) is 6.04 Å². The Balaban J connectivity index is 1.69. The average molecular weight is 295 g/mol. The summed E-state index contributed by atoms with van der Waals surface area (Å²) in [6.45, 7) is 6.10. The minimum atomic E-state index is 0.631. The first-order chi connectivity index (χ1) is 10.7. The van der Waals surface area contributed by atoms with Gasteiger partial charge in [0.15, 0.2) is 0 Å². The van der Waals surface area contributed by atoms with Gasteiger partial charge in [-0.1, -0.05) is 42.5 Å². The minimum absolute atomic E-state index is 0.631. The first-order valence-electron chi connectivity index (χ1n) is 8.22. The van der Waals surface area contributed by atoms with E-state index in [0.717, 1.165) is 12.2 Å². The summed E-state index contributed by atoms with van der Waals surface area (Å²) in [4.78, 5) is 0. The predicted molar refractivity (Wildman–Crippen MR) is 91.4 cm³/mol.